The summed E-state index contributed by atoms with van der Waals surface area (Å²) in [4.78, 5) is 9.65. The van der Waals surface area contributed by atoms with Gasteiger partial charge in [-0.05, 0) is 32.4 Å². The van der Waals surface area contributed by atoms with Crippen molar-refractivity contribution in [2.45, 2.75) is 45.9 Å². The summed E-state index contributed by atoms with van der Waals surface area (Å²) < 4.78 is 5.80. The van der Waals surface area contributed by atoms with Gasteiger partial charge in [-0.3, -0.25) is 0 Å². The van der Waals surface area contributed by atoms with Crippen molar-refractivity contribution < 1.29 is 6.16 Å². The normalized spacial score (nSPS) is 30.5. The van der Waals surface area contributed by atoms with E-state index >= 15 is 0 Å². The number of fused-ring (bicyclic) bond motifs is 4. The molecule has 0 spiro atoms. The first-order valence-electron chi connectivity index (χ1n) is 7.62. The van der Waals surface area contributed by atoms with Crippen LogP contribution < -0.4 is 15.1 Å². The van der Waals surface area contributed by atoms with E-state index in [1.165, 1.54) is 12.1 Å². The third-order valence-corrected chi connectivity index (χ3v) is 4.47. The maximum absolute atomic E-state index is 5.80. The van der Waals surface area contributed by atoms with Crippen LogP contribution in [-0.2, 0) is 4.74 Å². The second kappa shape index (κ2) is 5.37. The fraction of sp³-hybridized carbons (Fsp3) is 0.688. The van der Waals surface area contributed by atoms with Crippen LogP contribution in [0.4, 0.5) is 17.3 Å². The molecule has 4 heterocycles. The monoisotopic (exact) mass is 292 g/mol. The van der Waals surface area contributed by atoms with Gasteiger partial charge in [-0.2, -0.15) is 0 Å². The number of morpholine rings is 1. The van der Waals surface area contributed by atoms with Gasteiger partial charge in [0.2, 0.25) is 0 Å². The Morgan fingerprint density at radius 3 is 2.71 bits per heavy atom. The molecule has 0 saturated carbocycles. The minimum Gasteiger partial charge on any atom is -0.372 e. The number of ether oxygens (including phenoxy) is 1. The average Bonchev–Trinajstić information content (AvgIpc) is 2.80. The molecule has 1 aromatic rings. The highest BCUT2D eigenvalue weighted by atomic mass is 16.5. The molecule has 1 unspecified atom stereocenters. The summed E-state index contributed by atoms with van der Waals surface area (Å²) in [5.74, 6) is 2.13. The van der Waals surface area contributed by atoms with Crippen molar-refractivity contribution in [1.29, 1.82) is 0 Å². The summed E-state index contributed by atoms with van der Waals surface area (Å²) in [6, 6.07) is 4.95. The van der Waals surface area contributed by atoms with E-state index in [9.17, 15) is 0 Å². The van der Waals surface area contributed by atoms with Gasteiger partial charge in [0.25, 0.3) is 0 Å². The molecule has 4 rings (SSSR count). The Kier molecular flexibility index (Phi) is 3.69. The lowest BCUT2D eigenvalue weighted by molar-refractivity contribution is -0.00545. The van der Waals surface area contributed by atoms with Crippen LogP contribution in [0.5, 0.6) is 0 Å². The van der Waals surface area contributed by atoms with Gasteiger partial charge in [0.1, 0.15) is 5.82 Å². The Balaban J connectivity index is 0.000000882. The van der Waals surface area contributed by atoms with E-state index in [2.05, 4.69) is 41.1 Å². The molecule has 2 bridgehead atoms. The number of rotatable bonds is 1. The maximum Gasteiger partial charge on any atom is 0.152 e. The molecule has 1 N–H and O–H groups in total. The largest absolute Gasteiger partial charge is 0.372 e. The van der Waals surface area contributed by atoms with Crippen molar-refractivity contribution in [2.24, 2.45) is 0 Å². The lowest BCUT2D eigenvalue weighted by atomic mass is 10.2. The highest BCUT2D eigenvalue weighted by Crippen LogP contribution is 2.35. The third kappa shape index (κ3) is 2.55. The van der Waals surface area contributed by atoms with E-state index in [0.717, 1.165) is 37.8 Å². The zero-order valence-electron chi connectivity index (χ0n) is 12.2. The molecule has 3 aliphatic heterocycles. The molecule has 0 aliphatic carbocycles. The Bertz CT molecular complexity index is 517. The van der Waals surface area contributed by atoms with Crippen LogP contribution in [0.3, 0.4) is 0 Å². The first-order chi connectivity index (χ1) is 9.69. The van der Waals surface area contributed by atoms with Crippen molar-refractivity contribution in [2.75, 3.05) is 41.3 Å². The molecule has 5 nitrogen and oxygen atoms in total. The maximum atomic E-state index is 5.80. The Morgan fingerprint density at radius 2 is 1.95 bits per heavy atom. The third-order valence-electron chi connectivity index (χ3n) is 4.47. The van der Waals surface area contributed by atoms with Crippen LogP contribution in [0.15, 0.2) is 12.1 Å². The number of hydrogen-bond donors (Lipinski definition) is 1. The van der Waals surface area contributed by atoms with Crippen molar-refractivity contribution in [1.82, 2.24) is 4.98 Å². The molecule has 2 saturated heterocycles. The van der Waals surface area contributed by atoms with Crippen LogP contribution in [0.2, 0.25) is 0 Å². The van der Waals surface area contributed by atoms with Gasteiger partial charge in [0, 0.05) is 33.6 Å². The van der Waals surface area contributed by atoms with E-state index in [1.54, 1.807) is 0 Å². The van der Waals surface area contributed by atoms with E-state index < -0.39 is 0 Å². The molecule has 1 aromatic heterocycles. The number of anilines is 3. The van der Waals surface area contributed by atoms with Crippen LogP contribution >= 0.6 is 0 Å². The number of nitrogens with one attached hydrogen (secondary N) is 1. The summed E-state index contributed by atoms with van der Waals surface area (Å²) in [5, 5.41) is 3.58. The highest BCUT2D eigenvalue weighted by molar-refractivity contribution is 5.72. The second-order valence-corrected chi connectivity index (χ2v) is 6.28. The first-order valence-corrected chi connectivity index (χ1v) is 7.62. The fourth-order valence-corrected chi connectivity index (χ4v) is 3.63. The average molecular weight is 292 g/mol. The van der Waals surface area contributed by atoms with E-state index in [1.807, 2.05) is 0 Å². The van der Waals surface area contributed by atoms with E-state index in [0.29, 0.717) is 6.04 Å². The molecule has 0 radical (unpaired) electrons. The van der Waals surface area contributed by atoms with Gasteiger partial charge in [-0.25, -0.2) is 4.98 Å². The zero-order valence-corrected chi connectivity index (χ0v) is 12.2. The fourth-order valence-electron chi connectivity index (χ4n) is 3.63. The summed E-state index contributed by atoms with van der Waals surface area (Å²) in [7, 11) is 0. The Labute approximate surface area is 128 Å². The van der Waals surface area contributed by atoms with Gasteiger partial charge in [0.15, 0.2) is 5.82 Å². The highest BCUT2D eigenvalue weighted by Gasteiger charge is 2.31. The lowest BCUT2D eigenvalue weighted by Crippen LogP contribution is -2.46. The Morgan fingerprint density at radius 1 is 1.19 bits per heavy atom. The zero-order chi connectivity index (χ0) is 13.7. The summed E-state index contributed by atoms with van der Waals surface area (Å²) in [6.45, 7) is 8.38. The van der Waals surface area contributed by atoms with Gasteiger partial charge in [-0.15, -0.1) is 0 Å². The van der Waals surface area contributed by atoms with Crippen LogP contribution in [0.1, 0.15) is 29.1 Å². The Hall–Kier alpha value is -1.49. The molecule has 5 heteroatoms. The lowest BCUT2D eigenvalue weighted by Gasteiger charge is -2.37. The molecule has 2 fully saturated rings. The van der Waals surface area contributed by atoms with Crippen molar-refractivity contribution in [3.05, 3.63) is 12.1 Å². The van der Waals surface area contributed by atoms with Crippen LogP contribution in [-0.4, -0.2) is 49.4 Å². The van der Waals surface area contributed by atoms with Crippen LogP contribution in [0, 0.1) is 0 Å². The number of aromatic nitrogens is 1. The van der Waals surface area contributed by atoms with E-state index in [-0.39, 0.29) is 21.1 Å². The van der Waals surface area contributed by atoms with Crippen molar-refractivity contribution in [3.8, 4) is 0 Å². The predicted molar refractivity (Wildman–Crippen MR) is 89.5 cm³/mol. The molecule has 118 valence electrons. The van der Waals surface area contributed by atoms with Crippen molar-refractivity contribution in [3.63, 3.8) is 0 Å². The van der Waals surface area contributed by atoms with Gasteiger partial charge >= 0.3 is 0 Å². The predicted octanol–water partition coefficient (Wildman–Crippen LogP) is 2.58. The first kappa shape index (κ1) is 14.4. The number of pyridine rings is 1. The second-order valence-electron chi connectivity index (χ2n) is 6.28. The molecular weight excluding hydrogens is 264 g/mol. The molecule has 21 heavy (non-hydrogen) atoms. The molecule has 3 atom stereocenters. The molecule has 0 aromatic carbocycles. The molecule has 3 aliphatic rings. The minimum absolute atomic E-state index is 0. The number of nitrogens with zero attached hydrogens (tertiary/aromatic N) is 3. The summed E-state index contributed by atoms with van der Waals surface area (Å²) >= 11 is 0. The summed E-state index contributed by atoms with van der Waals surface area (Å²) in [5.41, 5.74) is 1.26. The standard InChI is InChI=1S/C15H22N4O.CH4.H2/c1-10-7-19(8-11(2)20-10)14-4-3-13-15(17-14)16-12-5-6-18(13)9-12;;/h3-4,10-12H,5-9H2,1-2H3,(H,16,17);1H4;1H/t10-,11-,12?;;/m1../s1. The van der Waals surface area contributed by atoms with Gasteiger partial charge in [0.05, 0.1) is 17.9 Å². The smallest absolute Gasteiger partial charge is 0.152 e. The van der Waals surface area contributed by atoms with Gasteiger partial charge in [-0.1, -0.05) is 7.43 Å². The minimum atomic E-state index is 0. The van der Waals surface area contributed by atoms with Gasteiger partial charge < -0.3 is 19.9 Å². The van der Waals surface area contributed by atoms with Crippen LogP contribution in [0.25, 0.3) is 0 Å². The molecule has 0 amide bonds. The molecular formula is C16H28N4O. The van der Waals surface area contributed by atoms with E-state index in [4.69, 9.17) is 9.72 Å². The summed E-state index contributed by atoms with van der Waals surface area (Å²) in [6.07, 6.45) is 1.76. The van der Waals surface area contributed by atoms with Crippen molar-refractivity contribution >= 4 is 17.3 Å². The number of hydrogen-bond acceptors (Lipinski definition) is 5. The topological polar surface area (TPSA) is 40.6 Å². The quantitative estimate of drug-likeness (QED) is 0.861. The SMILES string of the molecule is C.C[C@@H]1CN(c2ccc3c(n2)NC2CCN3C2)C[C@@H](C)O1.[HH].